The minimum absolute atomic E-state index is 0.0912. The number of aliphatic hydroxyl groups excluding tert-OH is 1. The van der Waals surface area contributed by atoms with Crippen molar-refractivity contribution in [3.8, 4) is 0 Å². The normalized spacial score (nSPS) is 16.6. The predicted molar refractivity (Wildman–Crippen MR) is 64.7 cm³/mol. The lowest BCUT2D eigenvalue weighted by Crippen LogP contribution is -2.37. The Kier molecular flexibility index (Phi) is 3.74. The molecule has 1 aliphatic rings. The Bertz CT molecular complexity index is 402. The average molecular weight is 234 g/mol. The lowest BCUT2D eigenvalue weighted by molar-refractivity contribution is 0.0924. The Morgan fingerprint density at radius 2 is 2.35 bits per heavy atom. The molecule has 2 rings (SSSR count). The molecule has 1 aromatic rings. The molecule has 2 N–H and O–H groups in total. The van der Waals surface area contributed by atoms with Gasteiger partial charge in [0.1, 0.15) is 0 Å². The number of hydrogen-bond donors (Lipinski definition) is 2. The molecule has 1 unspecified atom stereocenters. The topological polar surface area (TPSA) is 62.2 Å². The van der Waals surface area contributed by atoms with Crippen LogP contribution in [0.25, 0.3) is 0 Å². The third-order valence-electron chi connectivity index (χ3n) is 3.08. The van der Waals surface area contributed by atoms with Crippen molar-refractivity contribution < 1.29 is 9.90 Å². The lowest BCUT2D eigenvalue weighted by Gasteiger charge is -2.17. The van der Waals surface area contributed by atoms with Crippen molar-refractivity contribution in [1.29, 1.82) is 0 Å². The van der Waals surface area contributed by atoms with E-state index in [1.165, 1.54) is 0 Å². The minimum atomic E-state index is -0.0912. The molecule has 1 heterocycles. The van der Waals surface area contributed by atoms with E-state index in [9.17, 15) is 4.79 Å². The predicted octanol–water partition coefficient (Wildman–Crippen LogP) is 1.28. The molecule has 0 radical (unpaired) electrons. The fraction of sp³-hybridized carbons (Fsp3) is 0.538. The van der Waals surface area contributed by atoms with E-state index in [1.54, 1.807) is 12.4 Å². The summed E-state index contributed by atoms with van der Waals surface area (Å²) < 4.78 is 0. The summed E-state index contributed by atoms with van der Waals surface area (Å²) >= 11 is 0. The Labute approximate surface area is 101 Å². The van der Waals surface area contributed by atoms with Crippen molar-refractivity contribution >= 4 is 5.91 Å². The summed E-state index contributed by atoms with van der Waals surface area (Å²) in [5, 5.41) is 12.0. The van der Waals surface area contributed by atoms with Gasteiger partial charge < -0.3 is 10.4 Å². The van der Waals surface area contributed by atoms with Crippen LogP contribution in [-0.2, 0) is 0 Å². The van der Waals surface area contributed by atoms with Gasteiger partial charge in [-0.05, 0) is 43.7 Å². The summed E-state index contributed by atoms with van der Waals surface area (Å²) in [6, 6.07) is 1.93. The molecule has 1 saturated carbocycles. The molecular formula is C13H18N2O2. The molecule has 0 spiro atoms. The van der Waals surface area contributed by atoms with Gasteiger partial charge in [0.15, 0.2) is 0 Å². The van der Waals surface area contributed by atoms with Gasteiger partial charge in [0.25, 0.3) is 5.91 Å². The van der Waals surface area contributed by atoms with Gasteiger partial charge in [-0.3, -0.25) is 9.78 Å². The van der Waals surface area contributed by atoms with Crippen LogP contribution in [0.4, 0.5) is 0 Å². The zero-order valence-electron chi connectivity index (χ0n) is 10.0. The zero-order chi connectivity index (χ0) is 12.3. The van der Waals surface area contributed by atoms with E-state index < -0.39 is 0 Å². The third kappa shape index (κ3) is 3.27. The Hall–Kier alpha value is -1.42. The molecule has 1 fully saturated rings. The van der Waals surface area contributed by atoms with Crippen LogP contribution in [0.5, 0.6) is 0 Å². The highest BCUT2D eigenvalue weighted by Crippen LogP contribution is 2.34. The van der Waals surface area contributed by atoms with E-state index in [0.29, 0.717) is 17.9 Å². The van der Waals surface area contributed by atoms with Crippen molar-refractivity contribution in [3.63, 3.8) is 0 Å². The van der Waals surface area contributed by atoms with Gasteiger partial charge in [0.2, 0.25) is 0 Å². The molecule has 92 valence electrons. The van der Waals surface area contributed by atoms with E-state index in [2.05, 4.69) is 10.3 Å². The molecule has 4 heteroatoms. The summed E-state index contributed by atoms with van der Waals surface area (Å²) in [4.78, 5) is 16.0. The molecule has 1 aliphatic carbocycles. The molecule has 0 aromatic carbocycles. The summed E-state index contributed by atoms with van der Waals surface area (Å²) in [5.41, 5.74) is 1.57. The second-order valence-electron chi connectivity index (χ2n) is 4.68. The first-order chi connectivity index (χ1) is 8.20. The number of carbonyl (C=O) groups excluding carboxylic acids is 1. The number of pyridine rings is 1. The maximum atomic E-state index is 12.0. The number of amides is 1. The molecule has 1 atom stereocenters. The first-order valence-corrected chi connectivity index (χ1v) is 6.04. The summed E-state index contributed by atoms with van der Waals surface area (Å²) in [5.74, 6) is 0.454. The number of nitrogens with one attached hydrogen (secondary N) is 1. The number of aliphatic hydroxyl groups is 1. The van der Waals surface area contributed by atoms with Crippen LogP contribution in [0.3, 0.4) is 0 Å². The van der Waals surface area contributed by atoms with Crippen LogP contribution in [0.1, 0.15) is 35.2 Å². The monoisotopic (exact) mass is 234 g/mol. The first-order valence-electron chi connectivity index (χ1n) is 6.04. The summed E-state index contributed by atoms with van der Waals surface area (Å²) in [6.45, 7) is 2.03. The second-order valence-corrected chi connectivity index (χ2v) is 4.68. The van der Waals surface area contributed by atoms with Crippen LogP contribution in [0.15, 0.2) is 18.5 Å². The van der Waals surface area contributed by atoms with Crippen molar-refractivity contribution in [1.82, 2.24) is 10.3 Å². The average Bonchev–Trinajstić information content (AvgIpc) is 3.12. The van der Waals surface area contributed by atoms with Gasteiger partial charge in [0.05, 0.1) is 5.56 Å². The van der Waals surface area contributed by atoms with E-state index in [4.69, 9.17) is 5.11 Å². The third-order valence-corrected chi connectivity index (χ3v) is 3.08. The number of nitrogens with zero attached hydrogens (tertiary/aromatic N) is 1. The fourth-order valence-electron chi connectivity index (χ4n) is 1.99. The maximum absolute atomic E-state index is 12.0. The van der Waals surface area contributed by atoms with Crippen molar-refractivity contribution in [2.75, 3.05) is 6.61 Å². The highest BCUT2D eigenvalue weighted by Gasteiger charge is 2.31. The summed E-state index contributed by atoms with van der Waals surface area (Å²) in [7, 11) is 0. The largest absolute Gasteiger partial charge is 0.396 e. The number of rotatable bonds is 5. The molecular weight excluding hydrogens is 216 g/mol. The molecule has 4 nitrogen and oxygen atoms in total. The van der Waals surface area contributed by atoms with Gasteiger partial charge >= 0.3 is 0 Å². The van der Waals surface area contributed by atoms with E-state index in [-0.39, 0.29) is 18.6 Å². The van der Waals surface area contributed by atoms with Crippen LogP contribution in [0, 0.1) is 12.8 Å². The quantitative estimate of drug-likeness (QED) is 0.806. The van der Waals surface area contributed by atoms with Gasteiger partial charge in [-0.25, -0.2) is 0 Å². The molecule has 1 aromatic heterocycles. The van der Waals surface area contributed by atoms with E-state index in [1.807, 2.05) is 13.0 Å². The van der Waals surface area contributed by atoms with Crippen molar-refractivity contribution in [2.24, 2.45) is 5.92 Å². The van der Waals surface area contributed by atoms with Gasteiger partial charge in [-0.1, -0.05) is 0 Å². The Morgan fingerprint density at radius 3 is 2.94 bits per heavy atom. The number of carbonyl (C=O) groups is 1. The van der Waals surface area contributed by atoms with E-state index >= 15 is 0 Å². The second kappa shape index (κ2) is 5.27. The van der Waals surface area contributed by atoms with Crippen LogP contribution in [0.2, 0.25) is 0 Å². The Balaban J connectivity index is 1.99. The van der Waals surface area contributed by atoms with E-state index in [0.717, 1.165) is 18.4 Å². The Morgan fingerprint density at radius 1 is 1.59 bits per heavy atom. The fourth-order valence-corrected chi connectivity index (χ4v) is 1.99. The number of aromatic nitrogens is 1. The van der Waals surface area contributed by atoms with Crippen LogP contribution < -0.4 is 5.32 Å². The maximum Gasteiger partial charge on any atom is 0.253 e. The SMILES string of the molecule is Cc1cncc(C(=O)NC(CCO)C2CC2)c1. The summed E-state index contributed by atoms with van der Waals surface area (Å²) in [6.07, 6.45) is 6.23. The standard InChI is InChI=1S/C13H18N2O2/c1-9-6-11(8-14-7-9)13(17)15-12(4-5-16)10-2-3-10/h6-8,10,12,16H,2-5H2,1H3,(H,15,17). The lowest BCUT2D eigenvalue weighted by atomic mass is 10.1. The highest BCUT2D eigenvalue weighted by molar-refractivity contribution is 5.94. The molecule has 0 bridgehead atoms. The molecule has 1 amide bonds. The minimum Gasteiger partial charge on any atom is -0.396 e. The zero-order valence-corrected chi connectivity index (χ0v) is 10.0. The van der Waals surface area contributed by atoms with Crippen LogP contribution >= 0.6 is 0 Å². The van der Waals surface area contributed by atoms with Crippen molar-refractivity contribution in [3.05, 3.63) is 29.6 Å². The van der Waals surface area contributed by atoms with Gasteiger partial charge in [-0.2, -0.15) is 0 Å². The molecule has 17 heavy (non-hydrogen) atoms. The van der Waals surface area contributed by atoms with Crippen LogP contribution in [-0.4, -0.2) is 28.6 Å². The number of aryl methyl sites for hydroxylation is 1. The van der Waals surface area contributed by atoms with Gasteiger partial charge in [-0.15, -0.1) is 0 Å². The highest BCUT2D eigenvalue weighted by atomic mass is 16.3. The molecule has 0 saturated heterocycles. The first kappa shape index (κ1) is 12.0. The smallest absolute Gasteiger partial charge is 0.253 e. The van der Waals surface area contributed by atoms with Crippen molar-refractivity contribution in [2.45, 2.75) is 32.2 Å². The van der Waals surface area contributed by atoms with Gasteiger partial charge in [0, 0.05) is 25.0 Å². The number of hydrogen-bond acceptors (Lipinski definition) is 3. The molecule has 0 aliphatic heterocycles.